The van der Waals surface area contributed by atoms with Gasteiger partial charge in [0.2, 0.25) is 0 Å². The Balaban J connectivity index is 1.87. The zero-order chi connectivity index (χ0) is 23.5. The minimum Gasteiger partial charge on any atom is -0.447 e. The molecule has 2 aromatic rings. The van der Waals surface area contributed by atoms with Crippen LogP contribution >= 0.6 is 23.2 Å². The number of nitrogens with zero attached hydrogens (tertiary/aromatic N) is 1. The van der Waals surface area contributed by atoms with E-state index >= 15 is 0 Å². The lowest BCUT2D eigenvalue weighted by atomic mass is 9.86. The molecule has 0 saturated heterocycles. The second-order valence-corrected chi connectivity index (χ2v) is 7.95. The summed E-state index contributed by atoms with van der Waals surface area (Å²) in [5.74, 6) is 0. The molecule has 0 radical (unpaired) electrons. The third-order valence-electron chi connectivity index (χ3n) is 4.84. The fourth-order valence-corrected chi connectivity index (χ4v) is 3.67. The molecule has 1 atom stereocenters. The smallest absolute Gasteiger partial charge is 0.435 e. The first-order chi connectivity index (χ1) is 15.1. The van der Waals surface area contributed by atoms with Crippen molar-refractivity contribution in [2.45, 2.75) is 25.1 Å². The molecule has 1 amide bonds. The third-order valence-corrected chi connectivity index (χ3v) is 5.28. The molecule has 3 rings (SSSR count). The molecule has 0 spiro atoms. The number of alkyl halides is 3. The van der Waals surface area contributed by atoms with Crippen molar-refractivity contribution < 1.29 is 32.3 Å². The number of aryl methyl sites for hydroxylation is 1. The summed E-state index contributed by atoms with van der Waals surface area (Å²) in [5, 5.41) is 6.37. The van der Waals surface area contributed by atoms with Crippen molar-refractivity contribution in [1.82, 2.24) is 0 Å². The van der Waals surface area contributed by atoms with E-state index in [-0.39, 0.29) is 34.5 Å². The van der Waals surface area contributed by atoms with Gasteiger partial charge in [0.1, 0.15) is 6.61 Å². The first-order valence-electron chi connectivity index (χ1n) is 9.38. The Morgan fingerprint density at radius 1 is 1.19 bits per heavy atom. The Kier molecular flexibility index (Phi) is 7.22. The number of hydrogen-bond acceptors (Lipinski definition) is 5. The number of benzene rings is 2. The Labute approximate surface area is 192 Å². The number of amides is 1. The van der Waals surface area contributed by atoms with E-state index in [0.717, 1.165) is 12.1 Å². The Hall–Kier alpha value is -2.49. The van der Waals surface area contributed by atoms with Crippen LogP contribution in [-0.2, 0) is 19.9 Å². The molecule has 1 aliphatic rings. The molecular weight excluding hydrogens is 472 g/mol. The number of nitrogens with one attached hydrogen (secondary N) is 1. The van der Waals surface area contributed by atoms with Crippen LogP contribution in [0.5, 0.6) is 0 Å². The lowest BCUT2D eigenvalue weighted by molar-refractivity contribution is -0.275. The van der Waals surface area contributed by atoms with Gasteiger partial charge in [-0.25, -0.2) is 4.79 Å². The molecule has 0 fully saturated rings. The van der Waals surface area contributed by atoms with E-state index in [1.807, 2.05) is 0 Å². The minimum atomic E-state index is -4.80. The summed E-state index contributed by atoms with van der Waals surface area (Å²) in [6.07, 6.45) is -6.12. The van der Waals surface area contributed by atoms with Crippen molar-refractivity contribution in [1.29, 1.82) is 0 Å². The maximum atomic E-state index is 14.1. The highest BCUT2D eigenvalue weighted by Gasteiger charge is 2.62. The SMILES string of the molecule is COCCOC(=O)Nc1cc(C2=NOC(c3cc(Cl)cc(Cl)c3)(C(F)(F)F)C2)ccc1C. The van der Waals surface area contributed by atoms with Crippen molar-refractivity contribution in [3.05, 3.63) is 63.1 Å². The molecule has 32 heavy (non-hydrogen) atoms. The number of rotatable bonds is 6. The van der Waals surface area contributed by atoms with Crippen molar-refractivity contribution in [2.24, 2.45) is 5.16 Å². The molecule has 0 aliphatic carbocycles. The van der Waals surface area contributed by atoms with Crippen LogP contribution in [0.2, 0.25) is 10.0 Å². The van der Waals surface area contributed by atoms with E-state index in [2.05, 4.69) is 10.5 Å². The summed E-state index contributed by atoms with van der Waals surface area (Å²) in [7, 11) is 1.47. The third kappa shape index (κ3) is 5.11. The number of ether oxygens (including phenoxy) is 2. The average molecular weight is 491 g/mol. The second kappa shape index (κ2) is 9.56. The van der Waals surface area contributed by atoms with Crippen molar-refractivity contribution >= 4 is 40.7 Å². The highest BCUT2D eigenvalue weighted by molar-refractivity contribution is 6.34. The topological polar surface area (TPSA) is 69.2 Å². The largest absolute Gasteiger partial charge is 0.447 e. The van der Waals surface area contributed by atoms with Crippen LogP contribution in [0, 0.1) is 6.92 Å². The highest BCUT2D eigenvalue weighted by atomic mass is 35.5. The van der Waals surface area contributed by atoms with E-state index in [9.17, 15) is 18.0 Å². The summed E-state index contributed by atoms with van der Waals surface area (Å²) in [6.45, 7) is 2.01. The Morgan fingerprint density at radius 2 is 1.88 bits per heavy atom. The van der Waals surface area contributed by atoms with Gasteiger partial charge in [-0.15, -0.1) is 0 Å². The van der Waals surface area contributed by atoms with Gasteiger partial charge in [0.15, 0.2) is 0 Å². The standard InChI is InChI=1S/C21H19Cl2F3N2O4/c1-12-3-4-13(7-17(12)27-19(29)31-6-5-30-2)18-11-20(32-28-18,21(24,25)26)14-8-15(22)10-16(23)9-14/h3-4,7-10H,5-6,11H2,1-2H3,(H,27,29). The van der Waals surface area contributed by atoms with Crippen LogP contribution < -0.4 is 5.32 Å². The molecule has 0 aromatic heterocycles. The fourth-order valence-electron chi connectivity index (χ4n) is 3.15. The van der Waals surface area contributed by atoms with Crippen LogP contribution in [0.4, 0.5) is 23.7 Å². The molecule has 0 bridgehead atoms. The molecule has 6 nitrogen and oxygen atoms in total. The number of carbonyl (C=O) groups excluding carboxylic acids is 1. The number of hydrogen-bond donors (Lipinski definition) is 1. The van der Waals surface area contributed by atoms with Gasteiger partial charge in [-0.3, -0.25) is 5.32 Å². The summed E-state index contributed by atoms with van der Waals surface area (Å²) in [5.41, 5.74) is -1.55. The number of oxime groups is 1. The molecule has 2 aromatic carbocycles. The van der Waals surface area contributed by atoms with E-state index in [1.165, 1.54) is 19.2 Å². The number of methoxy groups -OCH3 is 1. The maximum Gasteiger partial charge on any atom is 0.435 e. The molecule has 1 N–H and O–H groups in total. The molecule has 0 saturated carbocycles. The number of anilines is 1. The van der Waals surface area contributed by atoms with Crippen LogP contribution in [0.25, 0.3) is 0 Å². The van der Waals surface area contributed by atoms with Gasteiger partial charge in [0.25, 0.3) is 5.60 Å². The predicted molar refractivity (Wildman–Crippen MR) is 114 cm³/mol. The van der Waals surface area contributed by atoms with Crippen LogP contribution in [0.1, 0.15) is 23.1 Å². The monoisotopic (exact) mass is 490 g/mol. The quantitative estimate of drug-likeness (QED) is 0.498. The van der Waals surface area contributed by atoms with Gasteiger partial charge in [-0.05, 0) is 36.8 Å². The van der Waals surface area contributed by atoms with E-state index < -0.39 is 24.3 Å². The summed E-state index contributed by atoms with van der Waals surface area (Å²) < 4.78 is 52.2. The number of carbonyl (C=O) groups is 1. The van der Waals surface area contributed by atoms with Gasteiger partial charge in [0.05, 0.1) is 12.3 Å². The molecular formula is C21H19Cl2F3N2O4. The first-order valence-corrected chi connectivity index (χ1v) is 10.1. The molecule has 1 heterocycles. The first kappa shape index (κ1) is 24.2. The summed E-state index contributed by atoms with van der Waals surface area (Å²) >= 11 is 11.8. The molecule has 11 heteroatoms. The van der Waals surface area contributed by atoms with Crippen LogP contribution in [0.3, 0.4) is 0 Å². The highest BCUT2D eigenvalue weighted by Crippen LogP contribution is 2.49. The predicted octanol–water partition coefficient (Wildman–Crippen LogP) is 6.08. The van der Waals surface area contributed by atoms with Gasteiger partial charge >= 0.3 is 12.3 Å². The number of halogens is 5. The lowest BCUT2D eigenvalue weighted by Crippen LogP contribution is -2.42. The van der Waals surface area contributed by atoms with Gasteiger partial charge in [-0.2, -0.15) is 13.2 Å². The van der Waals surface area contributed by atoms with Gasteiger partial charge in [0, 0.05) is 40.4 Å². The van der Waals surface area contributed by atoms with E-state index in [4.69, 9.17) is 37.5 Å². The second-order valence-electron chi connectivity index (χ2n) is 7.07. The molecule has 1 aliphatic heterocycles. The van der Waals surface area contributed by atoms with Crippen LogP contribution in [-0.4, -0.2) is 38.3 Å². The van der Waals surface area contributed by atoms with Crippen molar-refractivity contribution in [3.8, 4) is 0 Å². The van der Waals surface area contributed by atoms with E-state index in [1.54, 1.807) is 19.1 Å². The lowest BCUT2D eigenvalue weighted by Gasteiger charge is -2.29. The Bertz CT molecular complexity index is 1030. The Morgan fingerprint density at radius 3 is 2.50 bits per heavy atom. The normalized spacial score (nSPS) is 18.2. The molecule has 1 unspecified atom stereocenters. The zero-order valence-electron chi connectivity index (χ0n) is 17.1. The fraction of sp³-hybridized carbons (Fsp3) is 0.333. The van der Waals surface area contributed by atoms with Crippen molar-refractivity contribution in [2.75, 3.05) is 25.6 Å². The van der Waals surface area contributed by atoms with Crippen molar-refractivity contribution in [3.63, 3.8) is 0 Å². The van der Waals surface area contributed by atoms with Gasteiger partial charge in [-0.1, -0.05) is 40.5 Å². The van der Waals surface area contributed by atoms with Gasteiger partial charge < -0.3 is 14.3 Å². The van der Waals surface area contributed by atoms with E-state index in [0.29, 0.717) is 16.8 Å². The summed E-state index contributed by atoms with van der Waals surface area (Å²) in [4.78, 5) is 16.9. The van der Waals surface area contributed by atoms with Crippen LogP contribution in [0.15, 0.2) is 41.6 Å². The maximum absolute atomic E-state index is 14.1. The average Bonchev–Trinajstić information content (AvgIpc) is 3.16. The zero-order valence-corrected chi connectivity index (χ0v) is 18.6. The minimum absolute atomic E-state index is 0.0435. The summed E-state index contributed by atoms with van der Waals surface area (Å²) in [6, 6.07) is 8.38. The molecule has 172 valence electrons.